The fourth-order valence-corrected chi connectivity index (χ4v) is 2.31. The molecular formula is C14H11BrClN3. The zero-order valence-corrected chi connectivity index (χ0v) is 12.5. The average Bonchev–Trinajstić information content (AvgIpc) is 2.38. The molecule has 0 unspecified atom stereocenters. The first-order valence-corrected chi connectivity index (χ1v) is 6.70. The summed E-state index contributed by atoms with van der Waals surface area (Å²) in [6.07, 6.45) is 0. The Hall–Kier alpha value is -1.70. The van der Waals surface area contributed by atoms with Crippen LogP contribution in [0.2, 0.25) is 5.02 Å². The lowest BCUT2D eigenvalue weighted by molar-refractivity contribution is 1.43. The lowest BCUT2D eigenvalue weighted by atomic mass is 10.1. The number of nitrogens with two attached hydrogens (primary N) is 1. The van der Waals surface area contributed by atoms with Gasteiger partial charge >= 0.3 is 0 Å². The third-order valence-corrected chi connectivity index (χ3v) is 3.69. The molecule has 0 saturated carbocycles. The summed E-state index contributed by atoms with van der Waals surface area (Å²) in [6.45, 7) is 1.94. The first kappa shape index (κ1) is 13.7. The van der Waals surface area contributed by atoms with Gasteiger partial charge in [0.05, 0.1) is 28.0 Å². The number of nitrogens with zero attached hydrogens (tertiary/aromatic N) is 1. The van der Waals surface area contributed by atoms with E-state index in [1.807, 2.05) is 25.1 Å². The minimum atomic E-state index is 0.500. The molecule has 3 nitrogen and oxygen atoms in total. The molecule has 0 fully saturated rings. The summed E-state index contributed by atoms with van der Waals surface area (Å²) in [5.41, 5.74) is 9.68. The molecule has 96 valence electrons. The van der Waals surface area contributed by atoms with Gasteiger partial charge in [-0.3, -0.25) is 0 Å². The lowest BCUT2D eigenvalue weighted by Crippen LogP contribution is -1.96. The quantitative estimate of drug-likeness (QED) is 0.787. The molecule has 0 radical (unpaired) electrons. The van der Waals surface area contributed by atoms with Crippen LogP contribution in [0.1, 0.15) is 11.1 Å². The fourth-order valence-electron chi connectivity index (χ4n) is 1.62. The van der Waals surface area contributed by atoms with E-state index in [-0.39, 0.29) is 0 Å². The molecular weight excluding hydrogens is 326 g/mol. The standard InChI is InChI=1S/C14H11BrClN3/c1-8-4-14(10(15)6-12(8)18)19-13-3-2-9(7-17)5-11(13)16/h2-6,19H,18H2,1H3. The number of rotatable bonds is 2. The van der Waals surface area contributed by atoms with E-state index in [1.54, 1.807) is 18.2 Å². The summed E-state index contributed by atoms with van der Waals surface area (Å²) in [6, 6.07) is 10.9. The van der Waals surface area contributed by atoms with Gasteiger partial charge in [-0.2, -0.15) is 5.26 Å². The van der Waals surface area contributed by atoms with E-state index in [0.29, 0.717) is 10.6 Å². The normalized spacial score (nSPS) is 10.0. The predicted molar refractivity (Wildman–Crippen MR) is 82.7 cm³/mol. The summed E-state index contributed by atoms with van der Waals surface area (Å²) in [7, 11) is 0. The van der Waals surface area contributed by atoms with Gasteiger partial charge in [0.2, 0.25) is 0 Å². The summed E-state index contributed by atoms with van der Waals surface area (Å²) in [4.78, 5) is 0. The van der Waals surface area contributed by atoms with E-state index in [0.717, 1.165) is 27.1 Å². The Kier molecular flexibility index (Phi) is 3.98. The summed E-state index contributed by atoms with van der Waals surface area (Å²) in [5.74, 6) is 0. The van der Waals surface area contributed by atoms with Gasteiger partial charge < -0.3 is 11.1 Å². The van der Waals surface area contributed by atoms with Crippen LogP contribution in [0.3, 0.4) is 0 Å². The highest BCUT2D eigenvalue weighted by Gasteiger charge is 2.07. The molecule has 0 amide bonds. The largest absolute Gasteiger partial charge is 0.398 e. The topological polar surface area (TPSA) is 61.8 Å². The van der Waals surface area contributed by atoms with Crippen molar-refractivity contribution >= 4 is 44.6 Å². The van der Waals surface area contributed by atoms with Gasteiger partial charge in [0, 0.05) is 10.2 Å². The van der Waals surface area contributed by atoms with Crippen LogP contribution in [-0.4, -0.2) is 0 Å². The highest BCUT2D eigenvalue weighted by Crippen LogP contribution is 2.33. The van der Waals surface area contributed by atoms with E-state index in [2.05, 4.69) is 21.2 Å². The third kappa shape index (κ3) is 3.01. The smallest absolute Gasteiger partial charge is 0.0992 e. The maximum Gasteiger partial charge on any atom is 0.0992 e. The number of hydrogen-bond acceptors (Lipinski definition) is 3. The number of anilines is 3. The number of nitrogens with one attached hydrogen (secondary N) is 1. The number of benzene rings is 2. The molecule has 0 saturated heterocycles. The second kappa shape index (κ2) is 5.52. The Bertz CT molecular complexity index is 677. The first-order valence-electron chi connectivity index (χ1n) is 5.53. The van der Waals surface area contributed by atoms with Crippen molar-refractivity contribution in [2.75, 3.05) is 11.1 Å². The maximum atomic E-state index is 8.80. The van der Waals surface area contributed by atoms with E-state index in [9.17, 15) is 0 Å². The Morgan fingerprint density at radius 2 is 2.00 bits per heavy atom. The van der Waals surface area contributed by atoms with Crippen LogP contribution in [0.15, 0.2) is 34.8 Å². The Morgan fingerprint density at radius 1 is 1.26 bits per heavy atom. The van der Waals surface area contributed by atoms with E-state index in [1.165, 1.54) is 0 Å². The maximum absolute atomic E-state index is 8.80. The van der Waals surface area contributed by atoms with E-state index in [4.69, 9.17) is 22.6 Å². The fraction of sp³-hybridized carbons (Fsp3) is 0.0714. The van der Waals surface area contributed by atoms with Crippen LogP contribution < -0.4 is 11.1 Å². The zero-order chi connectivity index (χ0) is 14.0. The number of hydrogen-bond donors (Lipinski definition) is 2. The van der Waals surface area contributed by atoms with Gasteiger partial charge in [0.25, 0.3) is 0 Å². The molecule has 19 heavy (non-hydrogen) atoms. The van der Waals surface area contributed by atoms with Gasteiger partial charge in [0.1, 0.15) is 0 Å². The molecule has 2 rings (SSSR count). The second-order valence-electron chi connectivity index (χ2n) is 4.12. The highest BCUT2D eigenvalue weighted by atomic mass is 79.9. The van der Waals surface area contributed by atoms with Crippen LogP contribution in [-0.2, 0) is 0 Å². The molecule has 5 heteroatoms. The molecule has 2 aromatic carbocycles. The van der Waals surface area contributed by atoms with Crippen molar-refractivity contribution in [1.82, 2.24) is 0 Å². The van der Waals surface area contributed by atoms with Crippen molar-refractivity contribution in [2.24, 2.45) is 0 Å². The molecule has 3 N–H and O–H groups in total. The van der Waals surface area contributed by atoms with Crippen LogP contribution in [0.25, 0.3) is 0 Å². The highest BCUT2D eigenvalue weighted by molar-refractivity contribution is 9.10. The summed E-state index contributed by atoms with van der Waals surface area (Å²) >= 11 is 9.58. The molecule has 0 aliphatic rings. The molecule has 0 aliphatic heterocycles. The molecule has 0 bridgehead atoms. The summed E-state index contributed by atoms with van der Waals surface area (Å²) < 4.78 is 0.857. The second-order valence-corrected chi connectivity index (χ2v) is 5.38. The average molecular weight is 337 g/mol. The van der Waals surface area contributed by atoms with Gasteiger partial charge in [-0.15, -0.1) is 0 Å². The van der Waals surface area contributed by atoms with E-state index < -0.39 is 0 Å². The van der Waals surface area contributed by atoms with Gasteiger partial charge in [0.15, 0.2) is 0 Å². The van der Waals surface area contributed by atoms with Crippen molar-refractivity contribution in [3.05, 3.63) is 51.0 Å². The van der Waals surface area contributed by atoms with Crippen molar-refractivity contribution in [3.8, 4) is 6.07 Å². The minimum Gasteiger partial charge on any atom is -0.398 e. The molecule has 2 aromatic rings. The van der Waals surface area contributed by atoms with Gasteiger partial charge in [-0.05, 0) is 58.7 Å². The van der Waals surface area contributed by atoms with Crippen molar-refractivity contribution < 1.29 is 0 Å². The monoisotopic (exact) mass is 335 g/mol. The number of halogens is 2. The SMILES string of the molecule is Cc1cc(Nc2ccc(C#N)cc2Cl)c(Br)cc1N. The van der Waals surface area contributed by atoms with Crippen molar-refractivity contribution in [2.45, 2.75) is 6.92 Å². The number of nitrogen functional groups attached to an aromatic ring is 1. The Labute approximate surface area is 125 Å². The van der Waals surface area contributed by atoms with Gasteiger partial charge in [-0.1, -0.05) is 11.6 Å². The van der Waals surface area contributed by atoms with Crippen LogP contribution in [0, 0.1) is 18.3 Å². The molecule has 0 aliphatic carbocycles. The van der Waals surface area contributed by atoms with Crippen LogP contribution >= 0.6 is 27.5 Å². The molecule has 0 heterocycles. The molecule has 0 aromatic heterocycles. The van der Waals surface area contributed by atoms with Crippen molar-refractivity contribution in [1.29, 1.82) is 5.26 Å². The third-order valence-electron chi connectivity index (χ3n) is 2.72. The number of aryl methyl sites for hydroxylation is 1. The van der Waals surface area contributed by atoms with E-state index >= 15 is 0 Å². The van der Waals surface area contributed by atoms with Crippen LogP contribution in [0.4, 0.5) is 17.1 Å². The Morgan fingerprint density at radius 3 is 2.63 bits per heavy atom. The number of nitriles is 1. The van der Waals surface area contributed by atoms with Crippen LogP contribution in [0.5, 0.6) is 0 Å². The summed E-state index contributed by atoms with van der Waals surface area (Å²) in [5, 5.41) is 12.5. The first-order chi connectivity index (χ1) is 9.01. The van der Waals surface area contributed by atoms with Crippen molar-refractivity contribution in [3.63, 3.8) is 0 Å². The molecule has 0 spiro atoms. The van der Waals surface area contributed by atoms with Gasteiger partial charge in [-0.25, -0.2) is 0 Å². The zero-order valence-electron chi connectivity index (χ0n) is 10.2. The Balaban J connectivity index is 2.37. The predicted octanol–water partition coefficient (Wildman–Crippen LogP) is 4.61. The lowest BCUT2D eigenvalue weighted by Gasteiger charge is -2.12. The molecule has 0 atom stereocenters. The minimum absolute atomic E-state index is 0.500.